The van der Waals surface area contributed by atoms with Gasteiger partial charge in [0, 0.05) is 15.5 Å². The minimum atomic E-state index is -2.88. The number of aromatic nitrogens is 1. The summed E-state index contributed by atoms with van der Waals surface area (Å²) in [5.41, 5.74) is 0.960. The van der Waals surface area contributed by atoms with Crippen molar-refractivity contribution in [3.05, 3.63) is 71.2 Å². The van der Waals surface area contributed by atoms with Crippen molar-refractivity contribution in [3.8, 4) is 0 Å². The van der Waals surface area contributed by atoms with Crippen molar-refractivity contribution in [1.82, 2.24) is 4.98 Å². The first-order valence-corrected chi connectivity index (χ1v) is 9.30. The molecule has 0 bridgehead atoms. The molecule has 0 amide bonds. The molecule has 1 aromatic heterocycles. The highest BCUT2D eigenvalue weighted by Gasteiger charge is 2.33. The molecule has 4 heteroatoms. The summed E-state index contributed by atoms with van der Waals surface area (Å²) in [6.45, 7) is 3.99. The van der Waals surface area contributed by atoms with E-state index in [0.29, 0.717) is 0 Å². The van der Waals surface area contributed by atoms with Crippen LogP contribution in [0.4, 0.5) is 0 Å². The predicted molar refractivity (Wildman–Crippen MR) is 91.0 cm³/mol. The molecule has 0 aliphatic rings. The second-order valence-electron chi connectivity index (χ2n) is 4.92. The third-order valence-electron chi connectivity index (χ3n) is 3.53. The first kappa shape index (κ1) is 14.2. The van der Waals surface area contributed by atoms with E-state index >= 15 is 0 Å². The smallest absolute Gasteiger partial charge is 0.198 e. The largest absolute Gasteiger partial charge is 0.306 e. The zero-order valence-electron chi connectivity index (χ0n) is 12.0. The van der Waals surface area contributed by atoms with Crippen molar-refractivity contribution in [3.63, 3.8) is 0 Å². The number of benzene rings is 2. The summed E-state index contributed by atoms with van der Waals surface area (Å²) < 4.78 is 14.6. The Morgan fingerprint density at radius 1 is 0.857 bits per heavy atom. The molecule has 0 N–H and O–H groups in total. The fraction of sp³-hybridized carbons (Fsp3) is 0.118. The van der Waals surface area contributed by atoms with Gasteiger partial charge in [-0.3, -0.25) is 0 Å². The van der Waals surface area contributed by atoms with E-state index in [0.717, 1.165) is 25.9 Å². The molecule has 0 atom stereocenters. The van der Waals surface area contributed by atoms with Crippen LogP contribution in [-0.2, 0) is 4.57 Å². The third-order valence-corrected chi connectivity index (χ3v) is 8.14. The van der Waals surface area contributed by atoms with Gasteiger partial charge < -0.3 is 4.57 Å². The highest BCUT2D eigenvalue weighted by Crippen LogP contribution is 2.43. The first-order valence-electron chi connectivity index (χ1n) is 6.78. The average molecular weight is 313 g/mol. The maximum Gasteiger partial charge on any atom is 0.198 e. The van der Waals surface area contributed by atoms with Crippen LogP contribution >= 0.6 is 18.5 Å². The summed E-state index contributed by atoms with van der Waals surface area (Å²) in [6, 6.07) is 19.3. The average Bonchev–Trinajstić information content (AvgIpc) is 2.88. The summed E-state index contributed by atoms with van der Waals surface area (Å²) in [4.78, 5) is 5.71. The molecule has 0 fully saturated rings. The van der Waals surface area contributed by atoms with Gasteiger partial charge in [-0.05, 0) is 13.8 Å². The van der Waals surface area contributed by atoms with Crippen molar-refractivity contribution in [2.24, 2.45) is 0 Å². The van der Waals surface area contributed by atoms with Crippen molar-refractivity contribution in [2.75, 3.05) is 0 Å². The summed E-state index contributed by atoms with van der Waals surface area (Å²) in [6.07, 6.45) is 0. The van der Waals surface area contributed by atoms with Crippen LogP contribution in [0.25, 0.3) is 0 Å². The lowest BCUT2D eigenvalue weighted by atomic mass is 10.4. The van der Waals surface area contributed by atoms with Gasteiger partial charge in [-0.15, -0.1) is 11.3 Å². The van der Waals surface area contributed by atoms with Crippen molar-refractivity contribution in [2.45, 2.75) is 13.8 Å². The van der Waals surface area contributed by atoms with E-state index in [1.165, 1.54) is 11.3 Å². The lowest BCUT2D eigenvalue weighted by Gasteiger charge is -2.16. The molecule has 3 aromatic rings. The molecule has 0 aliphatic heterocycles. The highest BCUT2D eigenvalue weighted by molar-refractivity contribution is 7.88. The van der Waals surface area contributed by atoms with E-state index in [1.54, 1.807) is 0 Å². The fourth-order valence-corrected chi connectivity index (χ4v) is 6.66. The Balaban J connectivity index is 2.28. The molecule has 0 unspecified atom stereocenters. The number of hydrogen-bond donors (Lipinski definition) is 0. The Morgan fingerprint density at radius 3 is 1.71 bits per heavy atom. The normalized spacial score (nSPS) is 11.5. The van der Waals surface area contributed by atoms with Crippen molar-refractivity contribution < 1.29 is 4.57 Å². The fourth-order valence-electron chi connectivity index (χ4n) is 2.24. The SMILES string of the molecule is Cc1nc(P(=O)(c2ccccc2)c2ccccc2)sc1C. The minimum absolute atomic E-state index is 0.718. The number of hydrogen-bond acceptors (Lipinski definition) is 3. The van der Waals surface area contributed by atoms with Gasteiger partial charge in [-0.1, -0.05) is 60.7 Å². The maximum atomic E-state index is 13.9. The Bertz CT molecular complexity index is 733. The zero-order chi connectivity index (χ0) is 14.9. The van der Waals surface area contributed by atoms with Crippen LogP contribution in [0.2, 0.25) is 0 Å². The third kappa shape index (κ3) is 2.48. The molecule has 0 spiro atoms. The first-order chi connectivity index (χ1) is 10.1. The second kappa shape index (κ2) is 5.59. The van der Waals surface area contributed by atoms with E-state index in [9.17, 15) is 4.57 Å². The summed E-state index contributed by atoms with van der Waals surface area (Å²) >= 11 is 1.54. The number of rotatable bonds is 3. The van der Waals surface area contributed by atoms with Gasteiger partial charge in [0.2, 0.25) is 0 Å². The Hall–Kier alpha value is -1.70. The van der Waals surface area contributed by atoms with Crippen LogP contribution < -0.4 is 15.4 Å². The van der Waals surface area contributed by atoms with Crippen LogP contribution in [0.3, 0.4) is 0 Å². The van der Waals surface area contributed by atoms with Crippen LogP contribution in [-0.4, -0.2) is 4.98 Å². The molecular weight excluding hydrogens is 297 g/mol. The Morgan fingerprint density at radius 2 is 1.33 bits per heavy atom. The van der Waals surface area contributed by atoms with Crippen LogP contribution in [0.1, 0.15) is 10.6 Å². The Labute approximate surface area is 128 Å². The van der Waals surface area contributed by atoms with E-state index in [2.05, 4.69) is 4.98 Å². The molecule has 106 valence electrons. The van der Waals surface area contributed by atoms with Crippen LogP contribution in [0, 0.1) is 13.8 Å². The standard InChI is InChI=1S/C17H16NOPS/c1-13-14(2)21-17(18-13)20(19,15-9-5-3-6-10-15)16-11-7-4-8-12-16/h3-12H,1-2H3. The summed E-state index contributed by atoms with van der Waals surface area (Å²) in [5, 5.41) is 1.68. The molecule has 21 heavy (non-hydrogen) atoms. The molecule has 2 nitrogen and oxygen atoms in total. The van der Waals surface area contributed by atoms with Gasteiger partial charge in [0.1, 0.15) is 0 Å². The van der Waals surface area contributed by atoms with Gasteiger partial charge in [0.15, 0.2) is 11.9 Å². The monoisotopic (exact) mass is 313 g/mol. The molecule has 3 rings (SSSR count). The predicted octanol–water partition coefficient (Wildman–Crippen LogP) is 3.40. The molecule has 1 heterocycles. The van der Waals surface area contributed by atoms with E-state index in [1.807, 2.05) is 74.5 Å². The molecular formula is C17H16NOPS. The molecule has 0 saturated carbocycles. The molecule has 0 radical (unpaired) electrons. The number of nitrogens with zero attached hydrogens (tertiary/aromatic N) is 1. The highest BCUT2D eigenvalue weighted by atomic mass is 32.1. The quantitative estimate of drug-likeness (QED) is 0.694. The number of aryl methyl sites for hydroxylation is 2. The Kier molecular flexibility index (Phi) is 3.79. The van der Waals surface area contributed by atoms with Gasteiger partial charge >= 0.3 is 0 Å². The summed E-state index contributed by atoms with van der Waals surface area (Å²) in [7, 11) is -2.88. The second-order valence-corrected chi connectivity index (χ2v) is 9.10. The number of thiazole rings is 1. The molecule has 2 aromatic carbocycles. The van der Waals surface area contributed by atoms with Crippen LogP contribution in [0.5, 0.6) is 0 Å². The van der Waals surface area contributed by atoms with Crippen molar-refractivity contribution >= 4 is 33.8 Å². The van der Waals surface area contributed by atoms with E-state index in [4.69, 9.17) is 0 Å². The van der Waals surface area contributed by atoms with Crippen molar-refractivity contribution in [1.29, 1.82) is 0 Å². The minimum Gasteiger partial charge on any atom is -0.306 e. The zero-order valence-corrected chi connectivity index (χ0v) is 13.7. The topological polar surface area (TPSA) is 30.0 Å². The van der Waals surface area contributed by atoms with E-state index < -0.39 is 7.14 Å². The van der Waals surface area contributed by atoms with Gasteiger partial charge in [0.25, 0.3) is 0 Å². The lowest BCUT2D eigenvalue weighted by Crippen LogP contribution is -2.24. The van der Waals surface area contributed by atoms with Crippen LogP contribution in [0.15, 0.2) is 60.7 Å². The van der Waals surface area contributed by atoms with Gasteiger partial charge in [-0.2, -0.15) is 0 Å². The molecule has 0 aliphatic carbocycles. The molecule has 0 saturated heterocycles. The maximum absolute atomic E-state index is 13.9. The van der Waals surface area contributed by atoms with E-state index in [-0.39, 0.29) is 0 Å². The van der Waals surface area contributed by atoms with Gasteiger partial charge in [-0.25, -0.2) is 4.98 Å². The summed E-state index contributed by atoms with van der Waals surface area (Å²) in [5.74, 6) is 0. The lowest BCUT2D eigenvalue weighted by molar-refractivity contribution is 0.592. The van der Waals surface area contributed by atoms with Gasteiger partial charge in [0.05, 0.1) is 5.69 Å².